The van der Waals surface area contributed by atoms with Gasteiger partial charge >= 0.3 is 6.18 Å². The lowest BCUT2D eigenvalue weighted by Crippen LogP contribution is -2.31. The molecule has 0 atom stereocenters. The summed E-state index contributed by atoms with van der Waals surface area (Å²) < 4.78 is 38.3. The highest BCUT2D eigenvalue weighted by molar-refractivity contribution is 8.04. The summed E-state index contributed by atoms with van der Waals surface area (Å²) in [7, 11) is 1.60. The molecule has 0 radical (unpaired) electrons. The van der Waals surface area contributed by atoms with Crippen LogP contribution in [0.2, 0.25) is 0 Å². The van der Waals surface area contributed by atoms with Crippen molar-refractivity contribution in [3.05, 3.63) is 100.0 Å². The van der Waals surface area contributed by atoms with Crippen LogP contribution in [-0.2, 0) is 17.5 Å². The lowest BCUT2D eigenvalue weighted by atomic mass is 10.1. The molecule has 168 valence electrons. The molecule has 0 fully saturated rings. The minimum atomic E-state index is -4.41. The second-order valence-corrected chi connectivity index (χ2v) is 8.53. The fourth-order valence-corrected chi connectivity index (χ4v) is 4.43. The Balaban J connectivity index is 1.52. The minimum Gasteiger partial charge on any atom is -0.348 e. The number of nitrogens with zero attached hydrogens (tertiary/aromatic N) is 1. The Hall–Kier alpha value is -3.52. The SMILES string of the molecule is CN1C(=O)/C(=C/c2ccc(C(F)(F)F)cc2)Sc2ccc(C(=O)NCc3ccccc3)cc21. The van der Waals surface area contributed by atoms with Crippen molar-refractivity contribution >= 4 is 35.3 Å². The molecule has 4 nitrogen and oxygen atoms in total. The average molecular weight is 469 g/mol. The van der Waals surface area contributed by atoms with E-state index in [4.69, 9.17) is 0 Å². The van der Waals surface area contributed by atoms with Crippen molar-refractivity contribution < 1.29 is 22.8 Å². The highest BCUT2D eigenvalue weighted by atomic mass is 32.2. The number of nitrogens with one attached hydrogen (secondary N) is 1. The number of thioether (sulfide) groups is 1. The van der Waals surface area contributed by atoms with Crippen molar-refractivity contribution in [2.75, 3.05) is 11.9 Å². The van der Waals surface area contributed by atoms with Gasteiger partial charge in [0.05, 0.1) is 16.2 Å². The van der Waals surface area contributed by atoms with E-state index in [0.717, 1.165) is 22.6 Å². The lowest BCUT2D eigenvalue weighted by molar-refractivity contribution is -0.137. The van der Waals surface area contributed by atoms with E-state index in [1.54, 1.807) is 31.3 Å². The first-order chi connectivity index (χ1) is 15.7. The van der Waals surface area contributed by atoms with Crippen LogP contribution in [0.25, 0.3) is 6.08 Å². The first kappa shape index (κ1) is 22.7. The normalized spacial score (nSPS) is 14.8. The van der Waals surface area contributed by atoms with Gasteiger partial charge in [-0.05, 0) is 47.5 Å². The molecule has 1 aliphatic heterocycles. The third kappa shape index (κ3) is 5.12. The van der Waals surface area contributed by atoms with E-state index in [1.165, 1.54) is 28.8 Å². The summed E-state index contributed by atoms with van der Waals surface area (Å²) in [5.41, 5.74) is 1.76. The van der Waals surface area contributed by atoms with Gasteiger partial charge in [0.25, 0.3) is 11.8 Å². The maximum atomic E-state index is 12.9. The second-order valence-electron chi connectivity index (χ2n) is 7.45. The van der Waals surface area contributed by atoms with Gasteiger partial charge in [-0.2, -0.15) is 13.2 Å². The summed E-state index contributed by atoms with van der Waals surface area (Å²) in [6.45, 7) is 0.389. The van der Waals surface area contributed by atoms with E-state index in [0.29, 0.717) is 28.3 Å². The highest BCUT2D eigenvalue weighted by Gasteiger charge is 2.30. The van der Waals surface area contributed by atoms with Gasteiger partial charge < -0.3 is 10.2 Å². The van der Waals surface area contributed by atoms with Gasteiger partial charge in [0.2, 0.25) is 0 Å². The molecule has 0 bridgehead atoms. The first-order valence-electron chi connectivity index (χ1n) is 10.0. The number of carbonyl (C=O) groups excluding carboxylic acids is 2. The number of hydrogen-bond acceptors (Lipinski definition) is 3. The van der Waals surface area contributed by atoms with E-state index < -0.39 is 11.7 Å². The summed E-state index contributed by atoms with van der Waals surface area (Å²) in [6.07, 6.45) is -2.85. The van der Waals surface area contributed by atoms with Crippen molar-refractivity contribution in [3.8, 4) is 0 Å². The molecule has 0 spiro atoms. The lowest BCUT2D eigenvalue weighted by Gasteiger charge is -2.27. The number of benzene rings is 3. The van der Waals surface area contributed by atoms with Crippen molar-refractivity contribution in [2.45, 2.75) is 17.6 Å². The number of likely N-dealkylation sites (N-methyl/N-ethyl adjacent to an activating group) is 1. The van der Waals surface area contributed by atoms with Gasteiger partial charge in [-0.15, -0.1) is 0 Å². The molecule has 33 heavy (non-hydrogen) atoms. The van der Waals surface area contributed by atoms with E-state index in [-0.39, 0.29) is 11.8 Å². The van der Waals surface area contributed by atoms with Crippen LogP contribution < -0.4 is 10.2 Å². The number of rotatable bonds is 4. The summed E-state index contributed by atoms with van der Waals surface area (Å²) in [5, 5.41) is 2.86. The number of alkyl halides is 3. The molecular formula is C25H19F3N2O2S. The first-order valence-corrected chi connectivity index (χ1v) is 10.8. The monoisotopic (exact) mass is 468 g/mol. The molecule has 0 saturated heterocycles. The van der Waals surface area contributed by atoms with E-state index in [1.807, 2.05) is 30.3 Å². The zero-order valence-electron chi connectivity index (χ0n) is 17.5. The molecule has 0 aromatic heterocycles. The van der Waals surface area contributed by atoms with Crippen LogP contribution in [0.5, 0.6) is 0 Å². The Morgan fingerprint density at radius 1 is 1.03 bits per heavy atom. The van der Waals surface area contributed by atoms with Crippen LogP contribution in [0.4, 0.5) is 18.9 Å². The smallest absolute Gasteiger partial charge is 0.348 e. The quantitative estimate of drug-likeness (QED) is 0.497. The maximum Gasteiger partial charge on any atom is 0.416 e. The van der Waals surface area contributed by atoms with Crippen LogP contribution in [0.1, 0.15) is 27.0 Å². The van der Waals surface area contributed by atoms with Crippen LogP contribution in [0, 0.1) is 0 Å². The minimum absolute atomic E-state index is 0.251. The predicted molar refractivity (Wildman–Crippen MR) is 123 cm³/mol. The molecule has 1 aliphatic rings. The topological polar surface area (TPSA) is 49.4 Å². The maximum absolute atomic E-state index is 12.9. The Bertz CT molecular complexity index is 1220. The van der Waals surface area contributed by atoms with Gasteiger partial charge in [0, 0.05) is 24.1 Å². The van der Waals surface area contributed by atoms with Crippen LogP contribution in [-0.4, -0.2) is 18.9 Å². The number of halogens is 3. The molecule has 2 amide bonds. The van der Waals surface area contributed by atoms with Gasteiger partial charge in [-0.3, -0.25) is 9.59 Å². The van der Waals surface area contributed by atoms with E-state index >= 15 is 0 Å². The van der Waals surface area contributed by atoms with Crippen molar-refractivity contribution in [1.29, 1.82) is 0 Å². The predicted octanol–water partition coefficient (Wildman–Crippen LogP) is 5.75. The summed E-state index contributed by atoms with van der Waals surface area (Å²) in [6, 6.07) is 19.3. The fraction of sp³-hybridized carbons (Fsp3) is 0.120. The Morgan fingerprint density at radius 3 is 2.39 bits per heavy atom. The summed E-state index contributed by atoms with van der Waals surface area (Å²) in [4.78, 5) is 28.0. The molecule has 0 unspecified atom stereocenters. The number of amides is 2. The molecule has 3 aromatic rings. The summed E-state index contributed by atoms with van der Waals surface area (Å²) >= 11 is 1.22. The molecule has 8 heteroatoms. The Labute approximate surface area is 193 Å². The van der Waals surface area contributed by atoms with Crippen molar-refractivity contribution in [1.82, 2.24) is 5.32 Å². The molecule has 1 N–H and O–H groups in total. The zero-order chi connectivity index (χ0) is 23.6. The Morgan fingerprint density at radius 2 is 1.73 bits per heavy atom. The summed E-state index contributed by atoms with van der Waals surface area (Å²) in [5.74, 6) is -0.548. The number of fused-ring (bicyclic) bond motifs is 1. The van der Waals surface area contributed by atoms with Crippen LogP contribution >= 0.6 is 11.8 Å². The Kier molecular flexibility index (Phi) is 6.29. The van der Waals surface area contributed by atoms with Crippen molar-refractivity contribution in [2.24, 2.45) is 0 Å². The van der Waals surface area contributed by atoms with Gasteiger partial charge in [0.15, 0.2) is 0 Å². The number of anilines is 1. The second kappa shape index (κ2) is 9.15. The van der Waals surface area contributed by atoms with E-state index in [9.17, 15) is 22.8 Å². The van der Waals surface area contributed by atoms with Crippen molar-refractivity contribution in [3.63, 3.8) is 0 Å². The third-order valence-corrected chi connectivity index (χ3v) is 6.23. The largest absolute Gasteiger partial charge is 0.416 e. The molecular weight excluding hydrogens is 449 g/mol. The van der Waals surface area contributed by atoms with Gasteiger partial charge in [-0.1, -0.05) is 54.2 Å². The number of carbonyl (C=O) groups is 2. The third-order valence-electron chi connectivity index (χ3n) is 5.15. The van der Waals surface area contributed by atoms with Gasteiger partial charge in [-0.25, -0.2) is 0 Å². The molecule has 1 heterocycles. The van der Waals surface area contributed by atoms with Crippen LogP contribution in [0.15, 0.2) is 82.6 Å². The van der Waals surface area contributed by atoms with Crippen LogP contribution in [0.3, 0.4) is 0 Å². The zero-order valence-corrected chi connectivity index (χ0v) is 18.3. The molecule has 3 aromatic carbocycles. The van der Waals surface area contributed by atoms with E-state index in [2.05, 4.69) is 5.32 Å². The molecule has 0 saturated carbocycles. The molecule has 4 rings (SSSR count). The average Bonchev–Trinajstić information content (AvgIpc) is 2.81. The fourth-order valence-electron chi connectivity index (χ4n) is 3.34. The standard InChI is InChI=1S/C25H19F3N2O2S/c1-30-20-14-18(23(31)29-15-17-5-3-2-4-6-17)9-12-21(20)33-22(24(30)32)13-16-7-10-19(11-8-16)25(26,27)28/h2-14H,15H2,1H3,(H,29,31)/b22-13-. The highest BCUT2D eigenvalue weighted by Crippen LogP contribution is 2.42. The number of hydrogen-bond donors (Lipinski definition) is 1. The van der Waals surface area contributed by atoms with Gasteiger partial charge in [0.1, 0.15) is 0 Å². The molecule has 0 aliphatic carbocycles.